The average Bonchev–Trinajstić information content (AvgIpc) is 3.16. The Morgan fingerprint density at radius 2 is 2.04 bits per heavy atom. The number of nitrogens with zero attached hydrogens (tertiary/aromatic N) is 2. The van der Waals surface area contributed by atoms with Gasteiger partial charge in [-0.2, -0.15) is 0 Å². The van der Waals surface area contributed by atoms with E-state index in [1.165, 1.54) is 37.1 Å². The normalized spacial score (nSPS) is 25.8. The lowest BCUT2D eigenvalue weighted by atomic mass is 10.1. The average molecular weight is 316 g/mol. The Hall–Kier alpha value is -1.26. The summed E-state index contributed by atoms with van der Waals surface area (Å²) in [7, 11) is 2.26. The molecule has 3 heterocycles. The Kier molecular flexibility index (Phi) is 4.45. The van der Waals surface area contributed by atoms with Gasteiger partial charge in [-0.1, -0.05) is 6.07 Å². The fourth-order valence-corrected chi connectivity index (χ4v) is 4.14. The summed E-state index contributed by atoms with van der Waals surface area (Å²) < 4.78 is 11.6. The van der Waals surface area contributed by atoms with E-state index in [0.29, 0.717) is 12.1 Å². The predicted molar refractivity (Wildman–Crippen MR) is 92.5 cm³/mol. The molecule has 23 heavy (non-hydrogen) atoms. The van der Waals surface area contributed by atoms with E-state index in [9.17, 15) is 0 Å². The zero-order valence-corrected chi connectivity index (χ0v) is 14.2. The molecular formula is C19H28N2O2. The van der Waals surface area contributed by atoms with Crippen molar-refractivity contribution < 1.29 is 9.47 Å². The summed E-state index contributed by atoms with van der Waals surface area (Å²) in [6, 6.07) is 7.40. The van der Waals surface area contributed by atoms with Crippen LogP contribution >= 0.6 is 0 Å². The molecule has 1 atom stereocenters. The van der Waals surface area contributed by atoms with Crippen LogP contribution in [0.15, 0.2) is 18.2 Å². The molecule has 2 fully saturated rings. The number of ether oxygens (including phenoxy) is 2. The van der Waals surface area contributed by atoms with E-state index in [1.807, 2.05) is 0 Å². The van der Waals surface area contributed by atoms with Crippen LogP contribution in [-0.4, -0.2) is 56.9 Å². The second kappa shape index (κ2) is 6.70. The lowest BCUT2D eigenvalue weighted by Crippen LogP contribution is -2.37. The molecule has 2 saturated heterocycles. The maximum absolute atomic E-state index is 6.20. The van der Waals surface area contributed by atoms with Crippen LogP contribution in [0.4, 0.5) is 5.69 Å². The molecule has 0 amide bonds. The minimum atomic E-state index is 0.317. The number of likely N-dealkylation sites (N-methyl/N-ethyl adjacent to an activating group) is 1. The second-order valence-electron chi connectivity index (χ2n) is 7.19. The highest BCUT2D eigenvalue weighted by atomic mass is 16.5. The minimum absolute atomic E-state index is 0.317. The molecule has 3 aliphatic rings. The quantitative estimate of drug-likeness (QED) is 0.853. The van der Waals surface area contributed by atoms with Crippen LogP contribution in [0, 0.1) is 0 Å². The van der Waals surface area contributed by atoms with E-state index in [4.69, 9.17) is 9.47 Å². The molecule has 0 unspecified atom stereocenters. The van der Waals surface area contributed by atoms with Crippen molar-refractivity contribution in [2.75, 3.05) is 44.8 Å². The molecule has 4 nitrogen and oxygen atoms in total. The number of fused-ring (bicyclic) bond motifs is 1. The van der Waals surface area contributed by atoms with Crippen molar-refractivity contribution >= 4 is 5.69 Å². The van der Waals surface area contributed by atoms with E-state index in [2.05, 4.69) is 35.0 Å². The highest BCUT2D eigenvalue weighted by Gasteiger charge is 2.27. The Balaban J connectivity index is 1.45. The van der Waals surface area contributed by atoms with Crippen LogP contribution in [0.1, 0.15) is 31.2 Å². The number of anilines is 1. The van der Waals surface area contributed by atoms with Gasteiger partial charge < -0.3 is 19.3 Å². The zero-order chi connectivity index (χ0) is 15.6. The van der Waals surface area contributed by atoms with Gasteiger partial charge in [-0.25, -0.2) is 0 Å². The molecule has 1 aromatic rings. The first kappa shape index (κ1) is 15.3. The first-order valence-corrected chi connectivity index (χ1v) is 9.12. The molecule has 0 aliphatic carbocycles. The lowest BCUT2D eigenvalue weighted by Gasteiger charge is -2.28. The van der Waals surface area contributed by atoms with Gasteiger partial charge in [-0.3, -0.25) is 0 Å². The van der Waals surface area contributed by atoms with Gasteiger partial charge in [0.05, 0.1) is 13.2 Å². The smallest absolute Gasteiger partial charge is 0.121 e. The first-order valence-electron chi connectivity index (χ1n) is 9.12. The molecule has 3 aliphatic heterocycles. The maximum atomic E-state index is 6.20. The molecular weight excluding hydrogens is 288 g/mol. The summed E-state index contributed by atoms with van der Waals surface area (Å²) in [4.78, 5) is 5.08. The SMILES string of the molecule is CN1CCC[C@@H]1CN1CCc2ccc(OC3CCOCC3)cc21. The van der Waals surface area contributed by atoms with Gasteiger partial charge in [0, 0.05) is 43.7 Å². The third-order valence-corrected chi connectivity index (χ3v) is 5.62. The van der Waals surface area contributed by atoms with Crippen molar-refractivity contribution in [3.63, 3.8) is 0 Å². The Labute approximate surface area is 139 Å². The molecule has 126 valence electrons. The van der Waals surface area contributed by atoms with Crippen molar-refractivity contribution in [3.8, 4) is 5.75 Å². The maximum Gasteiger partial charge on any atom is 0.121 e. The van der Waals surface area contributed by atoms with Gasteiger partial charge in [0.2, 0.25) is 0 Å². The molecule has 0 spiro atoms. The van der Waals surface area contributed by atoms with Crippen LogP contribution in [-0.2, 0) is 11.2 Å². The summed E-state index contributed by atoms with van der Waals surface area (Å²) in [6.07, 6.45) is 6.18. The van der Waals surface area contributed by atoms with Crippen LogP contribution < -0.4 is 9.64 Å². The summed E-state index contributed by atoms with van der Waals surface area (Å²) in [5.74, 6) is 1.03. The minimum Gasteiger partial charge on any atom is -0.490 e. The molecule has 0 saturated carbocycles. The van der Waals surface area contributed by atoms with Crippen molar-refractivity contribution in [1.29, 1.82) is 0 Å². The fourth-order valence-electron chi connectivity index (χ4n) is 4.14. The highest BCUT2D eigenvalue weighted by Crippen LogP contribution is 2.33. The van der Waals surface area contributed by atoms with Crippen molar-refractivity contribution in [2.45, 2.75) is 44.2 Å². The number of likely N-dealkylation sites (tertiary alicyclic amines) is 1. The topological polar surface area (TPSA) is 24.9 Å². The van der Waals surface area contributed by atoms with Gasteiger partial charge >= 0.3 is 0 Å². The third-order valence-electron chi connectivity index (χ3n) is 5.62. The van der Waals surface area contributed by atoms with E-state index in [1.54, 1.807) is 0 Å². The number of rotatable bonds is 4. The van der Waals surface area contributed by atoms with Crippen LogP contribution in [0.3, 0.4) is 0 Å². The van der Waals surface area contributed by atoms with E-state index in [-0.39, 0.29) is 0 Å². The first-order chi connectivity index (χ1) is 11.3. The summed E-state index contributed by atoms with van der Waals surface area (Å²) in [6.45, 7) is 5.22. The standard InChI is InChI=1S/C19H28N2O2/c1-20-9-2-3-16(20)14-21-10-6-15-4-5-18(13-19(15)21)23-17-7-11-22-12-8-17/h4-5,13,16-17H,2-3,6-12,14H2,1H3/t16-/m1/s1. The van der Waals surface area contributed by atoms with Crippen LogP contribution in [0.5, 0.6) is 5.75 Å². The van der Waals surface area contributed by atoms with E-state index < -0.39 is 0 Å². The van der Waals surface area contributed by atoms with Gasteiger partial charge in [-0.05, 0) is 44.5 Å². The molecule has 0 aromatic heterocycles. The van der Waals surface area contributed by atoms with Crippen molar-refractivity contribution in [1.82, 2.24) is 4.90 Å². The molecule has 0 radical (unpaired) electrons. The largest absolute Gasteiger partial charge is 0.490 e. The summed E-state index contributed by atoms with van der Waals surface area (Å²) >= 11 is 0. The molecule has 4 rings (SSSR count). The Morgan fingerprint density at radius 1 is 1.17 bits per heavy atom. The fraction of sp³-hybridized carbons (Fsp3) is 0.684. The van der Waals surface area contributed by atoms with Crippen molar-refractivity contribution in [2.24, 2.45) is 0 Å². The van der Waals surface area contributed by atoms with Crippen LogP contribution in [0.25, 0.3) is 0 Å². The summed E-state index contributed by atoms with van der Waals surface area (Å²) in [5.41, 5.74) is 2.87. The zero-order valence-electron chi connectivity index (χ0n) is 14.2. The van der Waals surface area contributed by atoms with E-state index >= 15 is 0 Å². The van der Waals surface area contributed by atoms with Gasteiger partial charge in [0.1, 0.15) is 11.9 Å². The lowest BCUT2D eigenvalue weighted by molar-refractivity contribution is 0.0256. The number of hydrogen-bond donors (Lipinski definition) is 0. The van der Waals surface area contributed by atoms with Crippen LogP contribution in [0.2, 0.25) is 0 Å². The highest BCUT2D eigenvalue weighted by molar-refractivity contribution is 5.61. The monoisotopic (exact) mass is 316 g/mol. The van der Waals surface area contributed by atoms with Gasteiger partial charge in [-0.15, -0.1) is 0 Å². The summed E-state index contributed by atoms with van der Waals surface area (Å²) in [5, 5.41) is 0. The third kappa shape index (κ3) is 3.33. The van der Waals surface area contributed by atoms with Crippen molar-refractivity contribution in [3.05, 3.63) is 23.8 Å². The Bertz CT molecular complexity index is 542. The number of hydrogen-bond acceptors (Lipinski definition) is 4. The molecule has 0 N–H and O–H groups in total. The second-order valence-corrected chi connectivity index (χ2v) is 7.19. The predicted octanol–water partition coefficient (Wildman–Crippen LogP) is 2.70. The number of benzene rings is 1. The molecule has 0 bridgehead atoms. The van der Waals surface area contributed by atoms with E-state index in [0.717, 1.165) is 44.9 Å². The van der Waals surface area contributed by atoms with Gasteiger partial charge in [0.25, 0.3) is 0 Å². The molecule has 1 aromatic carbocycles. The molecule has 4 heteroatoms. The van der Waals surface area contributed by atoms with Gasteiger partial charge in [0.15, 0.2) is 0 Å². The Morgan fingerprint density at radius 3 is 2.83 bits per heavy atom.